The van der Waals surface area contributed by atoms with E-state index in [4.69, 9.17) is 10.00 Å². The van der Waals surface area contributed by atoms with E-state index in [1.807, 2.05) is 25.1 Å². The first-order valence-electron chi connectivity index (χ1n) is 7.59. The van der Waals surface area contributed by atoms with E-state index in [0.717, 1.165) is 17.5 Å². The van der Waals surface area contributed by atoms with Crippen molar-refractivity contribution in [1.82, 2.24) is 0 Å². The molecule has 0 aliphatic rings. The van der Waals surface area contributed by atoms with Gasteiger partial charge in [0.2, 0.25) is 0 Å². The fraction of sp³-hybridized carbons (Fsp3) is 0.150. The minimum atomic E-state index is -0.585. The number of ether oxygens (including phenoxy) is 1. The predicted octanol–water partition coefficient (Wildman–Crippen LogP) is 3.56. The SMILES string of the molecule is CCc1ccc(C(=O)COC(=O)/C=C/c2ccc(C#N)cc2)cc1. The lowest BCUT2D eigenvalue weighted by atomic mass is 10.1. The number of esters is 1. The molecule has 24 heavy (non-hydrogen) atoms. The van der Waals surface area contributed by atoms with Crippen LogP contribution in [0.4, 0.5) is 0 Å². The minimum Gasteiger partial charge on any atom is -0.454 e. The lowest BCUT2D eigenvalue weighted by Gasteiger charge is -2.03. The molecule has 0 N–H and O–H groups in total. The van der Waals surface area contributed by atoms with Gasteiger partial charge in [0.15, 0.2) is 12.4 Å². The van der Waals surface area contributed by atoms with E-state index in [-0.39, 0.29) is 12.4 Å². The lowest BCUT2D eigenvalue weighted by molar-refractivity contribution is -0.136. The van der Waals surface area contributed by atoms with Crippen molar-refractivity contribution in [3.05, 3.63) is 76.9 Å². The molecule has 2 aromatic rings. The summed E-state index contributed by atoms with van der Waals surface area (Å²) in [5.41, 5.74) is 2.99. The lowest BCUT2D eigenvalue weighted by Crippen LogP contribution is -2.12. The van der Waals surface area contributed by atoms with Gasteiger partial charge in [0.25, 0.3) is 0 Å². The van der Waals surface area contributed by atoms with E-state index in [2.05, 4.69) is 0 Å². The van der Waals surface area contributed by atoms with Gasteiger partial charge in [0.1, 0.15) is 0 Å². The summed E-state index contributed by atoms with van der Waals surface area (Å²) in [5.74, 6) is -0.823. The van der Waals surface area contributed by atoms with Crippen molar-refractivity contribution >= 4 is 17.8 Å². The highest BCUT2D eigenvalue weighted by atomic mass is 16.5. The van der Waals surface area contributed by atoms with Crippen LogP contribution >= 0.6 is 0 Å². The van der Waals surface area contributed by atoms with Crippen LogP contribution in [0.5, 0.6) is 0 Å². The van der Waals surface area contributed by atoms with E-state index in [9.17, 15) is 9.59 Å². The number of rotatable bonds is 6. The molecular weight excluding hydrogens is 302 g/mol. The number of hydrogen-bond donors (Lipinski definition) is 0. The Labute approximate surface area is 141 Å². The van der Waals surface area contributed by atoms with Crippen LogP contribution in [0.25, 0.3) is 6.08 Å². The summed E-state index contributed by atoms with van der Waals surface area (Å²) in [6, 6.07) is 16.0. The maximum Gasteiger partial charge on any atom is 0.331 e. The molecule has 0 fully saturated rings. The maximum absolute atomic E-state index is 12.0. The first-order valence-corrected chi connectivity index (χ1v) is 7.59. The highest BCUT2D eigenvalue weighted by Crippen LogP contribution is 2.07. The Bertz CT molecular complexity index is 781. The van der Waals surface area contributed by atoms with Gasteiger partial charge < -0.3 is 4.74 Å². The van der Waals surface area contributed by atoms with Crippen LogP contribution in [-0.4, -0.2) is 18.4 Å². The third-order valence-corrected chi connectivity index (χ3v) is 3.48. The molecule has 120 valence electrons. The van der Waals surface area contributed by atoms with E-state index < -0.39 is 5.97 Å². The standard InChI is InChI=1S/C20H17NO3/c1-2-15-7-10-18(11-8-15)19(22)14-24-20(23)12-9-16-3-5-17(13-21)6-4-16/h3-12H,2,14H2,1H3/b12-9+. The number of ketones is 1. The molecular formula is C20H17NO3. The van der Waals surface area contributed by atoms with E-state index in [1.54, 1.807) is 42.5 Å². The number of nitrogens with zero attached hydrogens (tertiary/aromatic N) is 1. The van der Waals surface area contributed by atoms with Gasteiger partial charge in [-0.15, -0.1) is 0 Å². The van der Waals surface area contributed by atoms with Crippen LogP contribution in [0.1, 0.15) is 34.0 Å². The molecule has 4 nitrogen and oxygen atoms in total. The zero-order valence-electron chi connectivity index (χ0n) is 13.4. The number of Topliss-reactive ketones (excluding diaryl/α,β-unsaturated/α-hetero) is 1. The molecule has 0 aliphatic heterocycles. The average molecular weight is 319 g/mol. The van der Waals surface area contributed by atoms with Gasteiger partial charge in [-0.3, -0.25) is 4.79 Å². The van der Waals surface area contributed by atoms with E-state index in [1.165, 1.54) is 6.08 Å². The van der Waals surface area contributed by atoms with Gasteiger partial charge in [0.05, 0.1) is 11.6 Å². The Balaban J connectivity index is 1.86. The van der Waals surface area contributed by atoms with Crippen molar-refractivity contribution in [2.24, 2.45) is 0 Å². The molecule has 0 amide bonds. The molecule has 0 spiro atoms. The second kappa shape index (κ2) is 8.44. The van der Waals surface area contributed by atoms with E-state index in [0.29, 0.717) is 11.1 Å². The molecule has 0 unspecified atom stereocenters. The fourth-order valence-corrected chi connectivity index (χ4v) is 2.03. The van der Waals surface area contributed by atoms with Crippen molar-refractivity contribution in [2.45, 2.75) is 13.3 Å². The van der Waals surface area contributed by atoms with Crippen molar-refractivity contribution in [2.75, 3.05) is 6.61 Å². The fourth-order valence-electron chi connectivity index (χ4n) is 2.03. The summed E-state index contributed by atoms with van der Waals surface area (Å²) in [6.07, 6.45) is 3.74. The number of carbonyl (C=O) groups excluding carboxylic acids is 2. The summed E-state index contributed by atoms with van der Waals surface area (Å²) in [6.45, 7) is 1.75. The summed E-state index contributed by atoms with van der Waals surface area (Å²) < 4.78 is 4.95. The van der Waals surface area contributed by atoms with Crippen molar-refractivity contribution in [1.29, 1.82) is 5.26 Å². The van der Waals surface area contributed by atoms with Crippen LogP contribution in [0.3, 0.4) is 0 Å². The zero-order chi connectivity index (χ0) is 17.4. The summed E-state index contributed by atoms with van der Waals surface area (Å²) >= 11 is 0. The van der Waals surface area contributed by atoms with Crippen LogP contribution in [0.2, 0.25) is 0 Å². The first kappa shape index (κ1) is 17.2. The Morgan fingerprint density at radius 3 is 2.33 bits per heavy atom. The van der Waals surface area contributed by atoms with Gasteiger partial charge in [-0.2, -0.15) is 5.26 Å². The molecule has 0 saturated heterocycles. The van der Waals surface area contributed by atoms with Crippen LogP contribution in [-0.2, 0) is 16.0 Å². The van der Waals surface area contributed by atoms with Crippen molar-refractivity contribution < 1.29 is 14.3 Å². The zero-order valence-corrected chi connectivity index (χ0v) is 13.4. The largest absolute Gasteiger partial charge is 0.454 e. The molecule has 0 heterocycles. The second-order valence-corrected chi connectivity index (χ2v) is 5.15. The van der Waals surface area contributed by atoms with Crippen LogP contribution in [0.15, 0.2) is 54.6 Å². The highest BCUT2D eigenvalue weighted by Gasteiger charge is 2.08. The quantitative estimate of drug-likeness (QED) is 0.464. The number of aryl methyl sites for hydroxylation is 1. The molecule has 0 saturated carbocycles. The van der Waals surface area contributed by atoms with E-state index >= 15 is 0 Å². The second-order valence-electron chi connectivity index (χ2n) is 5.15. The average Bonchev–Trinajstić information content (AvgIpc) is 2.64. The maximum atomic E-state index is 12.0. The Kier molecular flexibility index (Phi) is 6.04. The Morgan fingerprint density at radius 2 is 1.75 bits per heavy atom. The first-order chi connectivity index (χ1) is 11.6. The Morgan fingerprint density at radius 1 is 1.08 bits per heavy atom. The summed E-state index contributed by atoms with van der Waals surface area (Å²) in [4.78, 5) is 23.6. The van der Waals surface area contributed by atoms with Crippen LogP contribution < -0.4 is 0 Å². The highest BCUT2D eigenvalue weighted by molar-refractivity contribution is 5.98. The number of carbonyl (C=O) groups is 2. The van der Waals surface area contributed by atoms with Crippen LogP contribution in [0, 0.1) is 11.3 Å². The molecule has 2 rings (SSSR count). The molecule has 0 aliphatic carbocycles. The molecule has 4 heteroatoms. The smallest absolute Gasteiger partial charge is 0.331 e. The number of nitriles is 1. The van der Waals surface area contributed by atoms with Crippen molar-refractivity contribution in [3.8, 4) is 6.07 Å². The third-order valence-electron chi connectivity index (χ3n) is 3.48. The Hall–Kier alpha value is -3.19. The number of hydrogen-bond acceptors (Lipinski definition) is 4. The molecule has 0 radical (unpaired) electrons. The topological polar surface area (TPSA) is 67.2 Å². The number of benzene rings is 2. The molecule has 0 aromatic heterocycles. The summed E-state index contributed by atoms with van der Waals surface area (Å²) in [7, 11) is 0. The van der Waals surface area contributed by atoms with Gasteiger partial charge in [-0.1, -0.05) is 43.3 Å². The van der Waals surface area contributed by atoms with Gasteiger partial charge in [-0.25, -0.2) is 4.79 Å². The normalized spacial score (nSPS) is 10.3. The predicted molar refractivity (Wildman–Crippen MR) is 91.3 cm³/mol. The summed E-state index contributed by atoms with van der Waals surface area (Å²) in [5, 5.41) is 8.72. The molecule has 0 atom stereocenters. The van der Waals surface area contributed by atoms with Gasteiger partial charge >= 0.3 is 5.97 Å². The molecule has 2 aromatic carbocycles. The molecule has 0 bridgehead atoms. The van der Waals surface area contributed by atoms with Gasteiger partial charge in [-0.05, 0) is 35.8 Å². The minimum absolute atomic E-state index is 0.238. The van der Waals surface area contributed by atoms with Crippen molar-refractivity contribution in [3.63, 3.8) is 0 Å². The monoisotopic (exact) mass is 319 g/mol. The van der Waals surface area contributed by atoms with Gasteiger partial charge in [0, 0.05) is 11.6 Å². The third kappa shape index (κ3) is 4.92.